The molecule has 3 heteroatoms. The largest absolute Gasteiger partial charge is 0.271 e. The van der Waals surface area contributed by atoms with Crippen LogP contribution in [0, 0.1) is 26.6 Å². The Labute approximate surface area is 119 Å². The van der Waals surface area contributed by atoms with Gasteiger partial charge in [0.15, 0.2) is 0 Å². The summed E-state index contributed by atoms with van der Waals surface area (Å²) in [6.07, 6.45) is 0.665. The topological polar surface area (TPSA) is 38.0 Å². The number of nitrogens with one attached hydrogen (secondary N) is 1. The molecule has 0 saturated heterocycles. The van der Waals surface area contributed by atoms with E-state index >= 15 is 0 Å². The summed E-state index contributed by atoms with van der Waals surface area (Å²) < 4.78 is 14.0. The van der Waals surface area contributed by atoms with E-state index < -0.39 is 0 Å². The van der Waals surface area contributed by atoms with Gasteiger partial charge in [0.05, 0.1) is 6.04 Å². The summed E-state index contributed by atoms with van der Waals surface area (Å²) in [4.78, 5) is 0. The van der Waals surface area contributed by atoms with Crippen LogP contribution in [0.25, 0.3) is 0 Å². The molecule has 2 aromatic carbocycles. The number of rotatable bonds is 4. The summed E-state index contributed by atoms with van der Waals surface area (Å²) >= 11 is 0. The molecule has 0 aliphatic rings. The lowest BCUT2D eigenvalue weighted by atomic mass is 9.95. The fraction of sp³-hybridized carbons (Fsp3) is 0.294. The smallest absolute Gasteiger partial charge is 0.128 e. The lowest BCUT2D eigenvalue weighted by molar-refractivity contribution is 0.510. The fourth-order valence-corrected chi connectivity index (χ4v) is 2.36. The van der Waals surface area contributed by atoms with E-state index in [1.165, 1.54) is 17.2 Å². The zero-order chi connectivity index (χ0) is 14.7. The second-order valence-electron chi connectivity index (χ2n) is 5.37. The van der Waals surface area contributed by atoms with E-state index in [9.17, 15) is 4.39 Å². The van der Waals surface area contributed by atoms with Crippen molar-refractivity contribution in [2.45, 2.75) is 33.2 Å². The molecule has 3 N–H and O–H groups in total. The van der Waals surface area contributed by atoms with Gasteiger partial charge in [0.25, 0.3) is 0 Å². The molecule has 0 amide bonds. The van der Waals surface area contributed by atoms with E-state index in [-0.39, 0.29) is 11.9 Å². The molecular weight excluding hydrogens is 251 g/mol. The molecule has 0 aliphatic carbocycles. The first-order valence-electron chi connectivity index (χ1n) is 6.79. The Hall–Kier alpha value is -1.71. The molecule has 0 saturated carbocycles. The van der Waals surface area contributed by atoms with E-state index in [0.717, 1.165) is 11.1 Å². The minimum absolute atomic E-state index is 0.220. The zero-order valence-corrected chi connectivity index (χ0v) is 12.2. The number of hydrogen-bond donors (Lipinski definition) is 2. The van der Waals surface area contributed by atoms with Crippen molar-refractivity contribution in [2.24, 2.45) is 5.84 Å². The standard InChI is InChI=1S/C17H21FN2/c1-11-4-7-16(18)15(8-11)17(20-19)10-14-6-5-12(2)13(3)9-14/h4-9,17,20H,10,19H2,1-3H3. The average molecular weight is 272 g/mol. The highest BCUT2D eigenvalue weighted by molar-refractivity contribution is 5.33. The molecule has 0 heterocycles. The number of nitrogens with two attached hydrogens (primary N) is 1. The highest BCUT2D eigenvalue weighted by Gasteiger charge is 2.15. The van der Waals surface area contributed by atoms with Crippen molar-refractivity contribution in [3.05, 3.63) is 70.0 Å². The Bertz CT molecular complexity index is 608. The molecule has 0 spiro atoms. The van der Waals surface area contributed by atoms with Crippen LogP contribution in [0.2, 0.25) is 0 Å². The van der Waals surface area contributed by atoms with Crippen molar-refractivity contribution < 1.29 is 4.39 Å². The molecule has 2 aromatic rings. The summed E-state index contributed by atoms with van der Waals surface area (Å²) in [6, 6.07) is 11.2. The first kappa shape index (κ1) is 14.7. The van der Waals surface area contributed by atoms with Crippen LogP contribution in [0.15, 0.2) is 36.4 Å². The van der Waals surface area contributed by atoms with E-state index in [4.69, 9.17) is 5.84 Å². The molecule has 1 atom stereocenters. The van der Waals surface area contributed by atoms with E-state index in [1.807, 2.05) is 13.0 Å². The summed E-state index contributed by atoms with van der Waals surface area (Å²) in [5, 5.41) is 0. The monoisotopic (exact) mass is 272 g/mol. The fourth-order valence-electron chi connectivity index (χ4n) is 2.36. The Balaban J connectivity index is 2.28. The molecule has 0 bridgehead atoms. The maximum Gasteiger partial charge on any atom is 0.128 e. The predicted molar refractivity (Wildman–Crippen MR) is 80.8 cm³/mol. The Morgan fingerprint density at radius 1 is 1.05 bits per heavy atom. The van der Waals surface area contributed by atoms with Crippen LogP contribution in [-0.4, -0.2) is 0 Å². The van der Waals surface area contributed by atoms with Crippen LogP contribution in [0.5, 0.6) is 0 Å². The third-order valence-corrected chi connectivity index (χ3v) is 3.74. The van der Waals surface area contributed by atoms with Gasteiger partial charge in [-0.15, -0.1) is 0 Å². The van der Waals surface area contributed by atoms with Gasteiger partial charge in [0.1, 0.15) is 5.82 Å². The van der Waals surface area contributed by atoms with Crippen LogP contribution in [0.1, 0.15) is 33.9 Å². The SMILES string of the molecule is Cc1ccc(F)c(C(Cc2ccc(C)c(C)c2)NN)c1. The van der Waals surface area contributed by atoms with Gasteiger partial charge in [0, 0.05) is 5.56 Å². The lowest BCUT2D eigenvalue weighted by Gasteiger charge is -2.18. The molecule has 2 nitrogen and oxygen atoms in total. The summed E-state index contributed by atoms with van der Waals surface area (Å²) in [5.41, 5.74) is 8.02. The third kappa shape index (κ3) is 3.24. The van der Waals surface area contributed by atoms with Gasteiger partial charge in [-0.2, -0.15) is 0 Å². The number of aryl methyl sites for hydroxylation is 3. The summed E-state index contributed by atoms with van der Waals surface area (Å²) in [6.45, 7) is 6.11. The van der Waals surface area contributed by atoms with E-state index in [1.54, 1.807) is 6.07 Å². The van der Waals surface area contributed by atoms with Crippen molar-refractivity contribution in [1.29, 1.82) is 0 Å². The molecule has 0 radical (unpaired) electrons. The van der Waals surface area contributed by atoms with Crippen molar-refractivity contribution in [1.82, 2.24) is 5.43 Å². The first-order valence-corrected chi connectivity index (χ1v) is 6.79. The number of halogens is 1. The van der Waals surface area contributed by atoms with Gasteiger partial charge >= 0.3 is 0 Å². The number of hydrazine groups is 1. The van der Waals surface area contributed by atoms with Crippen molar-refractivity contribution in [2.75, 3.05) is 0 Å². The van der Waals surface area contributed by atoms with Gasteiger partial charge in [0.2, 0.25) is 0 Å². The predicted octanol–water partition coefficient (Wildman–Crippen LogP) is 3.50. The van der Waals surface area contributed by atoms with Gasteiger partial charge in [-0.3, -0.25) is 11.3 Å². The Kier molecular flexibility index (Phi) is 4.53. The third-order valence-electron chi connectivity index (χ3n) is 3.74. The summed E-state index contributed by atoms with van der Waals surface area (Å²) in [7, 11) is 0. The Morgan fingerprint density at radius 3 is 2.45 bits per heavy atom. The van der Waals surface area contributed by atoms with Crippen LogP contribution >= 0.6 is 0 Å². The molecular formula is C17H21FN2. The van der Waals surface area contributed by atoms with Crippen LogP contribution in [0.3, 0.4) is 0 Å². The number of hydrogen-bond acceptors (Lipinski definition) is 2. The average Bonchev–Trinajstić information content (AvgIpc) is 2.43. The molecule has 1 unspecified atom stereocenters. The molecule has 0 fully saturated rings. The van der Waals surface area contributed by atoms with Gasteiger partial charge in [-0.05, 0) is 49.9 Å². The maximum atomic E-state index is 14.0. The molecule has 106 valence electrons. The zero-order valence-electron chi connectivity index (χ0n) is 12.2. The first-order chi connectivity index (χ1) is 9.51. The minimum atomic E-state index is -0.225. The Morgan fingerprint density at radius 2 is 1.80 bits per heavy atom. The van der Waals surface area contributed by atoms with Crippen molar-refractivity contribution >= 4 is 0 Å². The molecule has 0 aliphatic heterocycles. The van der Waals surface area contributed by atoms with E-state index in [2.05, 4.69) is 37.5 Å². The molecule has 2 rings (SSSR count). The van der Waals surface area contributed by atoms with Gasteiger partial charge in [-0.1, -0.05) is 35.9 Å². The number of benzene rings is 2. The van der Waals surface area contributed by atoms with Crippen LogP contribution in [-0.2, 0) is 6.42 Å². The van der Waals surface area contributed by atoms with Crippen molar-refractivity contribution in [3.8, 4) is 0 Å². The van der Waals surface area contributed by atoms with Crippen molar-refractivity contribution in [3.63, 3.8) is 0 Å². The second-order valence-corrected chi connectivity index (χ2v) is 5.37. The second kappa shape index (κ2) is 6.16. The quantitative estimate of drug-likeness (QED) is 0.660. The maximum absolute atomic E-state index is 14.0. The lowest BCUT2D eigenvalue weighted by Crippen LogP contribution is -2.30. The molecule has 20 heavy (non-hydrogen) atoms. The van der Waals surface area contributed by atoms with Crippen LogP contribution < -0.4 is 11.3 Å². The van der Waals surface area contributed by atoms with E-state index in [0.29, 0.717) is 12.0 Å². The van der Waals surface area contributed by atoms with Gasteiger partial charge < -0.3 is 0 Å². The normalized spacial score (nSPS) is 12.4. The van der Waals surface area contributed by atoms with Gasteiger partial charge in [-0.25, -0.2) is 4.39 Å². The summed E-state index contributed by atoms with van der Waals surface area (Å²) in [5.74, 6) is 5.40. The molecule has 0 aromatic heterocycles. The highest BCUT2D eigenvalue weighted by Crippen LogP contribution is 2.23. The van der Waals surface area contributed by atoms with Crippen LogP contribution in [0.4, 0.5) is 4.39 Å². The minimum Gasteiger partial charge on any atom is -0.271 e. The highest BCUT2D eigenvalue weighted by atomic mass is 19.1.